The van der Waals surface area contributed by atoms with Crippen molar-refractivity contribution < 1.29 is 17.9 Å². The van der Waals surface area contributed by atoms with Crippen molar-refractivity contribution in [3.8, 4) is 11.5 Å². The Bertz CT molecular complexity index is 1150. The lowest BCUT2D eigenvalue weighted by molar-refractivity contribution is -0.130. The second kappa shape index (κ2) is 8.71. The van der Waals surface area contributed by atoms with Crippen LogP contribution < -0.4 is 10.1 Å². The van der Waals surface area contributed by atoms with Crippen molar-refractivity contribution in [2.24, 2.45) is 5.92 Å². The molecule has 2 heterocycles. The molecule has 1 N–H and O–H groups in total. The average Bonchev–Trinajstić information content (AvgIpc) is 3.26. The van der Waals surface area contributed by atoms with Crippen molar-refractivity contribution in [3.05, 3.63) is 59.8 Å². The summed E-state index contributed by atoms with van der Waals surface area (Å²) in [5, 5.41) is 3.28. The molecule has 1 fully saturated rings. The summed E-state index contributed by atoms with van der Waals surface area (Å²) >= 11 is 0. The minimum Gasteiger partial charge on any atom is -0.457 e. The molecule has 2 aromatic carbocycles. The Morgan fingerprint density at radius 3 is 2.56 bits per heavy atom. The molecule has 3 atom stereocenters. The van der Waals surface area contributed by atoms with Gasteiger partial charge < -0.3 is 15.0 Å². The van der Waals surface area contributed by atoms with Gasteiger partial charge in [0.25, 0.3) is 0 Å². The Morgan fingerprint density at radius 2 is 1.91 bits per heavy atom. The van der Waals surface area contributed by atoms with Gasteiger partial charge in [-0.15, -0.1) is 0 Å². The predicted octanol–water partition coefficient (Wildman–Crippen LogP) is 4.19. The topological polar surface area (TPSA) is 75.7 Å². The van der Waals surface area contributed by atoms with Gasteiger partial charge in [-0.1, -0.05) is 26.0 Å². The second-order valence-electron chi connectivity index (χ2n) is 8.77. The van der Waals surface area contributed by atoms with Crippen LogP contribution >= 0.6 is 0 Å². The summed E-state index contributed by atoms with van der Waals surface area (Å²) < 4.78 is 30.8. The van der Waals surface area contributed by atoms with Crippen LogP contribution in [0.5, 0.6) is 11.5 Å². The fourth-order valence-electron chi connectivity index (χ4n) is 4.44. The molecular weight excluding hydrogens is 424 g/mol. The van der Waals surface area contributed by atoms with Crippen LogP contribution in [0.4, 0.5) is 0 Å². The van der Waals surface area contributed by atoms with Crippen LogP contribution in [-0.2, 0) is 14.6 Å². The Balaban J connectivity index is 1.77. The molecule has 0 spiro atoms. The maximum absolute atomic E-state index is 12.6. The van der Waals surface area contributed by atoms with Gasteiger partial charge in [-0.05, 0) is 66.8 Å². The van der Waals surface area contributed by atoms with Crippen molar-refractivity contribution in [2.45, 2.75) is 43.5 Å². The van der Waals surface area contributed by atoms with Gasteiger partial charge in [0.15, 0.2) is 9.84 Å². The molecule has 1 amide bonds. The average molecular weight is 455 g/mol. The predicted molar refractivity (Wildman–Crippen MR) is 125 cm³/mol. The fourth-order valence-corrected chi connectivity index (χ4v) is 5.08. The zero-order valence-corrected chi connectivity index (χ0v) is 19.8. The molecular formula is C25H30N2O4S. The number of likely N-dealkylation sites (N-methyl/N-ethyl adjacent to an activating group) is 1. The fraction of sp³-hybridized carbons (Fsp3) is 0.400. The molecule has 2 aliphatic heterocycles. The molecule has 0 saturated carbocycles. The largest absolute Gasteiger partial charge is 0.457 e. The first kappa shape index (κ1) is 22.6. The van der Waals surface area contributed by atoms with Crippen molar-refractivity contribution in [1.82, 2.24) is 10.2 Å². The zero-order chi connectivity index (χ0) is 23.0. The Kier molecular flexibility index (Phi) is 6.14. The Morgan fingerprint density at radius 1 is 1.19 bits per heavy atom. The quantitative estimate of drug-likeness (QED) is 0.708. The molecule has 2 aliphatic rings. The van der Waals surface area contributed by atoms with E-state index in [0.29, 0.717) is 23.0 Å². The molecule has 4 rings (SSSR count). The molecule has 2 aromatic rings. The maximum Gasteiger partial charge on any atom is 0.244 e. The summed E-state index contributed by atoms with van der Waals surface area (Å²) in [4.78, 5) is 14.4. The summed E-state index contributed by atoms with van der Waals surface area (Å²) in [6.45, 7) is 5.10. The van der Waals surface area contributed by atoms with Crippen LogP contribution in [0.2, 0.25) is 0 Å². The second-order valence-corrected chi connectivity index (χ2v) is 10.8. The van der Waals surface area contributed by atoms with E-state index >= 15 is 0 Å². The van der Waals surface area contributed by atoms with E-state index in [1.807, 2.05) is 18.3 Å². The van der Waals surface area contributed by atoms with Crippen molar-refractivity contribution in [1.29, 1.82) is 0 Å². The number of fused-ring (bicyclic) bond motifs is 1. The molecule has 0 aliphatic carbocycles. The number of amides is 1. The number of rotatable bonds is 6. The lowest BCUT2D eigenvalue weighted by Gasteiger charge is -2.32. The molecule has 0 radical (unpaired) electrons. The lowest BCUT2D eigenvalue weighted by atomic mass is 9.84. The summed E-state index contributed by atoms with van der Waals surface area (Å²) in [6, 6.07) is 12.7. The zero-order valence-electron chi connectivity index (χ0n) is 19.0. The van der Waals surface area contributed by atoms with E-state index in [9.17, 15) is 13.2 Å². The standard InChI is InChI=1S/C25H30N2O4S/c1-5-16(2)17-6-8-18(9-7-17)31-23-11-10-19(32(4,29)30)14-21(23)22-15-27(3)25(28)24-20(22)12-13-26-24/h6-11,14-16,20,24,26H,5,12-13H2,1-4H3. The van der Waals surface area contributed by atoms with E-state index in [0.717, 1.165) is 25.0 Å². The van der Waals surface area contributed by atoms with Gasteiger partial charge in [0, 0.05) is 31.0 Å². The third-order valence-corrected chi connectivity index (χ3v) is 7.66. The Labute approximate surface area is 190 Å². The highest BCUT2D eigenvalue weighted by molar-refractivity contribution is 7.90. The number of hydrogen-bond acceptors (Lipinski definition) is 5. The highest BCUT2D eigenvalue weighted by Crippen LogP contribution is 2.42. The first-order valence-corrected chi connectivity index (χ1v) is 12.9. The molecule has 6 nitrogen and oxygen atoms in total. The normalized spacial score (nSPS) is 21.8. The summed E-state index contributed by atoms with van der Waals surface area (Å²) in [7, 11) is -1.67. The van der Waals surface area contributed by atoms with E-state index in [-0.39, 0.29) is 22.8 Å². The number of carbonyl (C=O) groups is 1. The van der Waals surface area contributed by atoms with E-state index in [4.69, 9.17) is 4.74 Å². The van der Waals surface area contributed by atoms with Crippen molar-refractivity contribution in [2.75, 3.05) is 19.8 Å². The van der Waals surface area contributed by atoms with Crippen LogP contribution in [0, 0.1) is 5.92 Å². The number of sulfone groups is 1. The van der Waals surface area contributed by atoms with Gasteiger partial charge in [-0.25, -0.2) is 8.42 Å². The van der Waals surface area contributed by atoms with Crippen LogP contribution in [-0.4, -0.2) is 45.1 Å². The van der Waals surface area contributed by atoms with E-state index in [2.05, 4.69) is 31.3 Å². The Hall–Kier alpha value is -2.64. The lowest BCUT2D eigenvalue weighted by Crippen LogP contribution is -2.46. The monoisotopic (exact) mass is 454 g/mol. The molecule has 0 bridgehead atoms. The molecule has 7 heteroatoms. The molecule has 1 saturated heterocycles. The first-order chi connectivity index (χ1) is 15.2. The molecule has 32 heavy (non-hydrogen) atoms. The number of nitrogens with zero attached hydrogens (tertiary/aromatic N) is 1. The number of ether oxygens (including phenoxy) is 1. The summed E-state index contributed by atoms with van der Waals surface area (Å²) in [5.74, 6) is 1.74. The van der Waals surface area contributed by atoms with Crippen molar-refractivity contribution in [3.63, 3.8) is 0 Å². The van der Waals surface area contributed by atoms with E-state index in [1.165, 1.54) is 11.8 Å². The van der Waals surface area contributed by atoms with Crippen molar-refractivity contribution >= 4 is 21.3 Å². The molecule has 170 valence electrons. The number of benzene rings is 2. The summed E-state index contributed by atoms with van der Waals surface area (Å²) in [6.07, 6.45) is 4.89. The highest BCUT2D eigenvalue weighted by atomic mass is 32.2. The third-order valence-electron chi connectivity index (χ3n) is 6.55. The van der Waals surface area contributed by atoms with Crippen LogP contribution in [0.1, 0.15) is 43.7 Å². The van der Waals surface area contributed by atoms with Gasteiger partial charge >= 0.3 is 0 Å². The van der Waals surface area contributed by atoms with Gasteiger partial charge in [-0.2, -0.15) is 0 Å². The van der Waals surface area contributed by atoms with Gasteiger partial charge in [0.2, 0.25) is 5.91 Å². The van der Waals surface area contributed by atoms with Gasteiger partial charge in [0.1, 0.15) is 11.5 Å². The van der Waals surface area contributed by atoms with Gasteiger partial charge in [-0.3, -0.25) is 4.79 Å². The van der Waals surface area contributed by atoms with E-state index < -0.39 is 9.84 Å². The SMILES string of the molecule is CCC(C)c1ccc(Oc2ccc(S(C)(=O)=O)cc2C2=CN(C)C(=O)C3NCCC23)cc1. The van der Waals surface area contributed by atoms with Crippen LogP contribution in [0.25, 0.3) is 5.57 Å². The number of carbonyl (C=O) groups excluding carboxylic acids is 1. The summed E-state index contributed by atoms with van der Waals surface area (Å²) in [5.41, 5.74) is 2.87. The minimum absolute atomic E-state index is 0.0244. The highest BCUT2D eigenvalue weighted by Gasteiger charge is 2.41. The first-order valence-electron chi connectivity index (χ1n) is 11.0. The molecule has 0 aromatic heterocycles. The number of nitrogens with one attached hydrogen (secondary N) is 1. The molecule has 3 unspecified atom stereocenters. The smallest absolute Gasteiger partial charge is 0.244 e. The maximum atomic E-state index is 12.6. The van der Waals surface area contributed by atoms with Crippen LogP contribution in [0.3, 0.4) is 0 Å². The number of hydrogen-bond donors (Lipinski definition) is 1. The third kappa shape index (κ3) is 4.32. The minimum atomic E-state index is -3.40. The van der Waals surface area contributed by atoms with Crippen LogP contribution in [0.15, 0.2) is 53.6 Å². The van der Waals surface area contributed by atoms with E-state index in [1.54, 1.807) is 30.1 Å². The van der Waals surface area contributed by atoms with Gasteiger partial charge in [0.05, 0.1) is 10.9 Å².